The predicted octanol–water partition coefficient (Wildman–Crippen LogP) is 5.31. The molecule has 0 amide bonds. The van der Waals surface area contributed by atoms with Gasteiger partial charge in [-0.1, -0.05) is 42.5 Å². The molecule has 2 aromatic rings. The summed E-state index contributed by atoms with van der Waals surface area (Å²) < 4.78 is 6.28. The van der Waals surface area contributed by atoms with Gasteiger partial charge in [-0.15, -0.1) is 6.58 Å². The lowest BCUT2D eigenvalue weighted by molar-refractivity contribution is 0.202. The normalized spacial score (nSPS) is 13.4. The first kappa shape index (κ1) is 14.0. The molecule has 0 saturated carbocycles. The van der Waals surface area contributed by atoms with Crippen LogP contribution in [0.5, 0.6) is 0 Å². The van der Waals surface area contributed by atoms with Crippen molar-refractivity contribution in [2.45, 2.75) is 32.2 Å². The van der Waals surface area contributed by atoms with Gasteiger partial charge in [0.05, 0.1) is 6.10 Å². The van der Waals surface area contributed by atoms with E-state index in [0.717, 1.165) is 6.42 Å². The highest BCUT2D eigenvalue weighted by molar-refractivity contribution is 6.69. The third-order valence-electron chi connectivity index (χ3n) is 3.02. The Hall–Kier alpha value is -1.38. The third-order valence-corrected chi connectivity index (χ3v) is 4.01. The second kappa shape index (κ2) is 5.72. The minimum absolute atomic E-state index is 0.133. The van der Waals surface area contributed by atoms with Gasteiger partial charge in [0.2, 0.25) is 0 Å². The van der Waals surface area contributed by atoms with E-state index in [1.807, 2.05) is 6.08 Å². The fraction of sp³-hybridized carbons (Fsp3) is 0.294. The first-order valence-electron chi connectivity index (χ1n) is 6.77. The van der Waals surface area contributed by atoms with Crippen LogP contribution < -0.4 is 0 Å². The highest BCUT2D eigenvalue weighted by Gasteiger charge is 2.21. The molecule has 2 heteroatoms. The summed E-state index contributed by atoms with van der Waals surface area (Å²) in [6.45, 7) is 10.5. The van der Waals surface area contributed by atoms with Crippen LogP contribution in [-0.2, 0) is 4.43 Å². The Morgan fingerprint density at radius 1 is 1.11 bits per heavy atom. The molecule has 19 heavy (non-hydrogen) atoms. The average Bonchev–Trinajstić information content (AvgIpc) is 2.36. The van der Waals surface area contributed by atoms with Crippen molar-refractivity contribution in [1.29, 1.82) is 0 Å². The lowest BCUT2D eigenvalue weighted by Gasteiger charge is -2.26. The van der Waals surface area contributed by atoms with Crippen molar-refractivity contribution >= 4 is 19.1 Å². The lowest BCUT2D eigenvalue weighted by Crippen LogP contribution is -2.27. The maximum atomic E-state index is 6.28. The third kappa shape index (κ3) is 3.79. The lowest BCUT2D eigenvalue weighted by atomic mass is 10.0. The van der Waals surface area contributed by atoms with Crippen LogP contribution in [0, 0.1) is 0 Å². The molecule has 0 aromatic heterocycles. The summed E-state index contributed by atoms with van der Waals surface area (Å²) in [4.78, 5) is 0. The largest absolute Gasteiger partial charge is 0.410 e. The number of hydrogen-bond acceptors (Lipinski definition) is 1. The van der Waals surface area contributed by atoms with Crippen LogP contribution in [0.2, 0.25) is 19.6 Å². The van der Waals surface area contributed by atoms with Gasteiger partial charge in [0.15, 0.2) is 8.32 Å². The Bertz CT molecular complexity index is 569. The minimum Gasteiger partial charge on any atom is -0.410 e. The molecule has 0 heterocycles. The molecule has 0 spiro atoms. The van der Waals surface area contributed by atoms with E-state index in [4.69, 9.17) is 4.43 Å². The highest BCUT2D eigenvalue weighted by Crippen LogP contribution is 2.28. The Morgan fingerprint density at radius 3 is 2.42 bits per heavy atom. The van der Waals surface area contributed by atoms with E-state index in [-0.39, 0.29) is 6.10 Å². The molecule has 0 aliphatic carbocycles. The Balaban J connectivity index is 2.35. The Labute approximate surface area is 117 Å². The van der Waals surface area contributed by atoms with E-state index in [9.17, 15) is 0 Å². The fourth-order valence-corrected chi connectivity index (χ4v) is 3.32. The molecule has 1 unspecified atom stereocenters. The molecule has 0 radical (unpaired) electrons. The first-order chi connectivity index (χ1) is 8.99. The van der Waals surface area contributed by atoms with E-state index >= 15 is 0 Å². The quantitative estimate of drug-likeness (QED) is 0.528. The number of rotatable bonds is 5. The first-order valence-corrected chi connectivity index (χ1v) is 10.2. The van der Waals surface area contributed by atoms with Crippen molar-refractivity contribution in [2.24, 2.45) is 0 Å². The van der Waals surface area contributed by atoms with Crippen molar-refractivity contribution in [3.63, 3.8) is 0 Å². The summed E-state index contributed by atoms with van der Waals surface area (Å²) >= 11 is 0. The summed E-state index contributed by atoms with van der Waals surface area (Å²) in [5.74, 6) is 0. The molecule has 100 valence electrons. The predicted molar refractivity (Wildman–Crippen MR) is 85.9 cm³/mol. The van der Waals surface area contributed by atoms with Crippen molar-refractivity contribution in [2.75, 3.05) is 0 Å². The highest BCUT2D eigenvalue weighted by atomic mass is 28.4. The van der Waals surface area contributed by atoms with Gasteiger partial charge < -0.3 is 4.43 Å². The molecule has 1 atom stereocenters. The van der Waals surface area contributed by atoms with E-state index in [1.54, 1.807) is 0 Å². The zero-order valence-electron chi connectivity index (χ0n) is 12.0. The maximum absolute atomic E-state index is 6.28. The zero-order valence-corrected chi connectivity index (χ0v) is 13.0. The second-order valence-electron chi connectivity index (χ2n) is 5.85. The van der Waals surface area contributed by atoms with Gasteiger partial charge in [0, 0.05) is 0 Å². The van der Waals surface area contributed by atoms with Gasteiger partial charge >= 0.3 is 0 Å². The summed E-state index contributed by atoms with van der Waals surface area (Å²) in [6.07, 6.45) is 2.94. The molecule has 2 aromatic carbocycles. The molecule has 0 bridgehead atoms. The smallest absolute Gasteiger partial charge is 0.184 e. The van der Waals surface area contributed by atoms with Gasteiger partial charge in [0.1, 0.15) is 0 Å². The van der Waals surface area contributed by atoms with Gasteiger partial charge in [-0.3, -0.25) is 0 Å². The maximum Gasteiger partial charge on any atom is 0.184 e. The SMILES string of the molecule is C=CCC(O[Si](C)(C)C)c1ccc2ccccc2c1. The van der Waals surface area contributed by atoms with Crippen molar-refractivity contribution < 1.29 is 4.43 Å². The van der Waals surface area contributed by atoms with Crippen LogP contribution in [0.25, 0.3) is 10.8 Å². The average molecular weight is 270 g/mol. The van der Waals surface area contributed by atoms with E-state index in [1.165, 1.54) is 16.3 Å². The van der Waals surface area contributed by atoms with Crippen molar-refractivity contribution in [3.8, 4) is 0 Å². The van der Waals surface area contributed by atoms with Gasteiger partial charge in [-0.05, 0) is 48.5 Å². The molecular weight excluding hydrogens is 248 g/mol. The van der Waals surface area contributed by atoms with Crippen LogP contribution in [-0.4, -0.2) is 8.32 Å². The van der Waals surface area contributed by atoms with Gasteiger partial charge in [-0.25, -0.2) is 0 Å². The molecule has 0 saturated heterocycles. The topological polar surface area (TPSA) is 9.23 Å². The summed E-state index contributed by atoms with van der Waals surface area (Å²) in [7, 11) is -1.56. The monoisotopic (exact) mass is 270 g/mol. The van der Waals surface area contributed by atoms with E-state index in [2.05, 4.69) is 68.7 Å². The van der Waals surface area contributed by atoms with Crippen LogP contribution in [0.1, 0.15) is 18.1 Å². The number of fused-ring (bicyclic) bond motifs is 1. The molecule has 2 rings (SSSR count). The molecule has 1 nitrogen and oxygen atoms in total. The number of benzene rings is 2. The summed E-state index contributed by atoms with van der Waals surface area (Å²) in [6, 6.07) is 15.0. The van der Waals surface area contributed by atoms with Crippen molar-refractivity contribution in [1.82, 2.24) is 0 Å². The number of hydrogen-bond donors (Lipinski definition) is 0. The van der Waals surface area contributed by atoms with Crippen LogP contribution in [0.4, 0.5) is 0 Å². The molecule has 0 fully saturated rings. The molecular formula is C17H22OSi. The van der Waals surface area contributed by atoms with E-state index in [0.29, 0.717) is 0 Å². The summed E-state index contributed by atoms with van der Waals surface area (Å²) in [5, 5.41) is 2.55. The minimum atomic E-state index is -1.56. The summed E-state index contributed by atoms with van der Waals surface area (Å²) in [5.41, 5.74) is 1.25. The Kier molecular flexibility index (Phi) is 4.23. The molecule has 0 aliphatic rings. The van der Waals surface area contributed by atoms with Gasteiger partial charge in [0.25, 0.3) is 0 Å². The second-order valence-corrected chi connectivity index (χ2v) is 10.3. The fourth-order valence-electron chi connectivity index (χ4n) is 2.24. The van der Waals surface area contributed by atoms with Crippen LogP contribution >= 0.6 is 0 Å². The standard InChI is InChI=1S/C17H22OSi/c1-5-8-17(18-19(2,3)4)16-12-11-14-9-6-7-10-15(14)13-16/h5-7,9-13,17H,1,8H2,2-4H3. The molecule has 0 aliphatic heterocycles. The van der Waals surface area contributed by atoms with Gasteiger partial charge in [-0.2, -0.15) is 0 Å². The Morgan fingerprint density at radius 2 is 1.79 bits per heavy atom. The van der Waals surface area contributed by atoms with Crippen LogP contribution in [0.15, 0.2) is 55.1 Å². The zero-order chi connectivity index (χ0) is 13.9. The van der Waals surface area contributed by atoms with Crippen LogP contribution in [0.3, 0.4) is 0 Å². The van der Waals surface area contributed by atoms with E-state index < -0.39 is 8.32 Å². The van der Waals surface area contributed by atoms with Crippen molar-refractivity contribution in [3.05, 3.63) is 60.7 Å². The molecule has 0 N–H and O–H groups in total.